The Labute approximate surface area is 213 Å². The van der Waals surface area contributed by atoms with Crippen LogP contribution in [0.1, 0.15) is 37.3 Å². The van der Waals surface area contributed by atoms with Crippen LogP contribution in [0.5, 0.6) is 0 Å². The lowest BCUT2D eigenvalue weighted by molar-refractivity contribution is 0.312. The van der Waals surface area contributed by atoms with Crippen LogP contribution in [-0.2, 0) is 0 Å². The monoisotopic (exact) mass is 496 g/mol. The van der Waals surface area contributed by atoms with Gasteiger partial charge in [-0.3, -0.25) is 14.2 Å². The molecule has 3 aromatic heterocycles. The second-order valence-electron chi connectivity index (χ2n) is 9.96. The molecular formula is C27H28N8O2. The average Bonchev–Trinajstić information content (AvgIpc) is 3.43. The molecule has 37 heavy (non-hydrogen) atoms. The van der Waals surface area contributed by atoms with Crippen molar-refractivity contribution in [3.63, 3.8) is 0 Å². The number of hydrogen-bond acceptors (Lipinski definition) is 8. The van der Waals surface area contributed by atoms with Crippen LogP contribution >= 0.6 is 0 Å². The fourth-order valence-corrected chi connectivity index (χ4v) is 5.44. The first-order chi connectivity index (χ1) is 18.0. The van der Waals surface area contributed by atoms with Gasteiger partial charge in [0, 0.05) is 54.9 Å². The van der Waals surface area contributed by atoms with Gasteiger partial charge in [0.15, 0.2) is 0 Å². The van der Waals surface area contributed by atoms with Crippen molar-refractivity contribution in [3.05, 3.63) is 62.8 Å². The van der Waals surface area contributed by atoms with Crippen molar-refractivity contribution in [1.29, 1.82) is 5.26 Å². The zero-order valence-corrected chi connectivity index (χ0v) is 20.7. The summed E-state index contributed by atoms with van der Waals surface area (Å²) in [5.41, 5.74) is 0.967. The van der Waals surface area contributed by atoms with Crippen molar-refractivity contribution in [2.24, 2.45) is 0 Å². The zero-order chi connectivity index (χ0) is 25.5. The summed E-state index contributed by atoms with van der Waals surface area (Å²) in [6, 6.07) is 11.2. The van der Waals surface area contributed by atoms with Gasteiger partial charge in [-0.15, -0.1) is 0 Å². The maximum absolute atomic E-state index is 13.0. The first-order valence-electron chi connectivity index (χ1n) is 12.7. The summed E-state index contributed by atoms with van der Waals surface area (Å²) in [5.74, 6) is 1.17. The molecule has 1 aliphatic carbocycles. The van der Waals surface area contributed by atoms with Crippen LogP contribution in [0.15, 0.2) is 46.1 Å². The van der Waals surface area contributed by atoms with Gasteiger partial charge in [0.1, 0.15) is 23.1 Å². The molecule has 0 amide bonds. The Kier molecular flexibility index (Phi) is 5.85. The Morgan fingerprint density at radius 2 is 1.84 bits per heavy atom. The highest BCUT2D eigenvalue weighted by molar-refractivity contribution is 5.87. The van der Waals surface area contributed by atoms with Gasteiger partial charge in [-0.2, -0.15) is 10.2 Å². The van der Waals surface area contributed by atoms with Crippen LogP contribution in [0.3, 0.4) is 0 Å². The lowest BCUT2D eigenvalue weighted by atomic mass is 10.1. The third-order valence-corrected chi connectivity index (χ3v) is 7.51. The van der Waals surface area contributed by atoms with Crippen molar-refractivity contribution in [1.82, 2.24) is 24.4 Å². The van der Waals surface area contributed by atoms with E-state index in [-0.39, 0.29) is 22.7 Å². The SMILES string of the molecule is CN1CCN(c2cc3cc(Nc4ncc5cc(C#N)c(=O)n(C6CCCC6)c5n4)ccc3c(=O)[nH]2)CC1. The van der Waals surface area contributed by atoms with E-state index in [1.807, 2.05) is 24.3 Å². The van der Waals surface area contributed by atoms with E-state index < -0.39 is 0 Å². The van der Waals surface area contributed by atoms with Gasteiger partial charge < -0.3 is 20.1 Å². The van der Waals surface area contributed by atoms with Crippen molar-refractivity contribution in [3.8, 4) is 6.07 Å². The molecule has 10 nitrogen and oxygen atoms in total. The van der Waals surface area contributed by atoms with Crippen LogP contribution in [0.2, 0.25) is 0 Å². The third kappa shape index (κ3) is 4.32. The number of fused-ring (bicyclic) bond motifs is 2. The van der Waals surface area contributed by atoms with Gasteiger partial charge in [-0.25, -0.2) is 4.98 Å². The van der Waals surface area contributed by atoms with Crippen molar-refractivity contribution in [2.75, 3.05) is 43.4 Å². The smallest absolute Gasteiger partial charge is 0.270 e. The Balaban J connectivity index is 1.36. The molecular weight excluding hydrogens is 468 g/mol. The van der Waals surface area contributed by atoms with Gasteiger partial charge >= 0.3 is 0 Å². The molecule has 0 unspecified atom stereocenters. The molecule has 0 radical (unpaired) electrons. The van der Waals surface area contributed by atoms with Crippen LogP contribution in [0.25, 0.3) is 21.8 Å². The number of piperazine rings is 1. The molecule has 0 atom stereocenters. The van der Waals surface area contributed by atoms with Crippen LogP contribution in [0, 0.1) is 11.3 Å². The molecule has 6 rings (SSSR count). The number of H-pyrrole nitrogens is 1. The van der Waals surface area contributed by atoms with E-state index in [9.17, 15) is 14.9 Å². The van der Waals surface area contributed by atoms with Gasteiger partial charge in [0.2, 0.25) is 5.95 Å². The number of nitrogens with zero attached hydrogens (tertiary/aromatic N) is 6. The van der Waals surface area contributed by atoms with Crippen LogP contribution in [0.4, 0.5) is 17.5 Å². The third-order valence-electron chi connectivity index (χ3n) is 7.51. The standard InChI is InChI=1S/C27H28N8O2/c1-33-8-10-34(11-9-33)23-14-17-13-20(6-7-22(17)25(36)31-23)30-27-29-16-19-12-18(15-28)26(37)35(24(19)32-27)21-4-2-3-5-21/h6-7,12-14,16,21H,2-5,8-11H2,1H3,(H,31,36)(H,29,30,32). The number of likely N-dealkylation sites (N-methyl/N-ethyl adjacent to an activating group) is 1. The number of pyridine rings is 2. The first kappa shape index (κ1) is 23.2. The maximum atomic E-state index is 13.0. The zero-order valence-electron chi connectivity index (χ0n) is 20.7. The fraction of sp³-hybridized carbons (Fsp3) is 0.370. The molecule has 1 saturated heterocycles. The number of hydrogen-bond donors (Lipinski definition) is 2. The van der Waals surface area contributed by atoms with E-state index in [1.54, 1.807) is 22.9 Å². The van der Waals surface area contributed by atoms with Crippen LogP contribution in [-0.4, -0.2) is 57.6 Å². The molecule has 1 aliphatic heterocycles. The summed E-state index contributed by atoms with van der Waals surface area (Å²) < 4.78 is 1.68. The minimum Gasteiger partial charge on any atom is -0.356 e. The number of aromatic amines is 1. The summed E-state index contributed by atoms with van der Waals surface area (Å²) in [4.78, 5) is 42.5. The van der Waals surface area contributed by atoms with E-state index in [4.69, 9.17) is 4.98 Å². The van der Waals surface area contributed by atoms with Gasteiger partial charge in [-0.1, -0.05) is 12.8 Å². The molecule has 2 fully saturated rings. The fourth-order valence-electron chi connectivity index (χ4n) is 5.44. The Morgan fingerprint density at radius 1 is 1.05 bits per heavy atom. The number of nitrogens with one attached hydrogen (secondary N) is 2. The second-order valence-corrected chi connectivity index (χ2v) is 9.96. The molecule has 0 spiro atoms. The molecule has 1 saturated carbocycles. The molecule has 2 aliphatic rings. The van der Waals surface area contributed by atoms with E-state index in [0.717, 1.165) is 68.8 Å². The molecule has 2 N–H and O–H groups in total. The van der Waals surface area contributed by atoms with E-state index in [2.05, 4.69) is 32.1 Å². The van der Waals surface area contributed by atoms with E-state index in [1.165, 1.54) is 0 Å². The Bertz CT molecular complexity index is 1650. The lowest BCUT2D eigenvalue weighted by Gasteiger charge is -2.33. The normalized spacial score (nSPS) is 16.9. The highest BCUT2D eigenvalue weighted by atomic mass is 16.1. The van der Waals surface area contributed by atoms with Crippen LogP contribution < -0.4 is 21.3 Å². The molecule has 0 bridgehead atoms. The number of nitriles is 1. The summed E-state index contributed by atoms with van der Waals surface area (Å²) in [5, 5.41) is 14.8. The summed E-state index contributed by atoms with van der Waals surface area (Å²) in [6.45, 7) is 3.61. The van der Waals surface area contributed by atoms with Crippen molar-refractivity contribution >= 4 is 39.3 Å². The van der Waals surface area contributed by atoms with Crippen molar-refractivity contribution in [2.45, 2.75) is 31.7 Å². The molecule has 188 valence electrons. The minimum absolute atomic E-state index is 0.0337. The highest BCUT2D eigenvalue weighted by Crippen LogP contribution is 2.31. The second kappa shape index (κ2) is 9.33. The van der Waals surface area contributed by atoms with Gasteiger partial charge in [0.25, 0.3) is 11.1 Å². The van der Waals surface area contributed by atoms with Gasteiger partial charge in [0.05, 0.1) is 0 Å². The maximum Gasteiger partial charge on any atom is 0.270 e. The lowest BCUT2D eigenvalue weighted by Crippen LogP contribution is -2.45. The quantitative estimate of drug-likeness (QED) is 0.442. The summed E-state index contributed by atoms with van der Waals surface area (Å²) >= 11 is 0. The molecule has 10 heteroatoms. The molecule has 4 heterocycles. The average molecular weight is 497 g/mol. The number of rotatable bonds is 4. The number of benzene rings is 1. The van der Waals surface area contributed by atoms with Crippen molar-refractivity contribution < 1.29 is 0 Å². The van der Waals surface area contributed by atoms with E-state index in [0.29, 0.717) is 22.4 Å². The predicted octanol–water partition coefficient (Wildman–Crippen LogP) is 3.12. The minimum atomic E-state index is -0.298. The largest absolute Gasteiger partial charge is 0.356 e. The molecule has 4 aromatic rings. The van der Waals surface area contributed by atoms with Gasteiger partial charge in [-0.05, 0) is 55.6 Å². The highest BCUT2D eigenvalue weighted by Gasteiger charge is 2.23. The Morgan fingerprint density at radius 3 is 2.59 bits per heavy atom. The summed E-state index contributed by atoms with van der Waals surface area (Å²) in [7, 11) is 2.10. The summed E-state index contributed by atoms with van der Waals surface area (Å²) in [6.07, 6.45) is 5.54. The predicted molar refractivity (Wildman–Crippen MR) is 144 cm³/mol. The number of aromatic nitrogens is 4. The Hall–Kier alpha value is -4.23. The van der Waals surface area contributed by atoms with E-state index >= 15 is 0 Å². The topological polar surface area (TPSA) is 123 Å². The number of anilines is 3. The molecule has 1 aromatic carbocycles. The first-order valence-corrected chi connectivity index (χ1v) is 12.7.